The van der Waals surface area contributed by atoms with Crippen molar-refractivity contribution in [2.75, 3.05) is 25.6 Å². The highest BCUT2D eigenvalue weighted by molar-refractivity contribution is 5.95. The van der Waals surface area contributed by atoms with Crippen molar-refractivity contribution in [1.29, 1.82) is 5.26 Å². The average Bonchev–Trinajstić information content (AvgIpc) is 2.99. The number of rotatable bonds is 5. The van der Waals surface area contributed by atoms with Gasteiger partial charge in [-0.25, -0.2) is 4.79 Å². The van der Waals surface area contributed by atoms with Crippen LogP contribution in [0.4, 0.5) is 23.7 Å². The van der Waals surface area contributed by atoms with Crippen molar-refractivity contribution < 1.29 is 22.7 Å². The van der Waals surface area contributed by atoms with Crippen LogP contribution in [-0.2, 0) is 11.7 Å². The molecule has 0 bridgehead atoms. The van der Waals surface area contributed by atoms with Gasteiger partial charge in [-0.3, -0.25) is 4.90 Å². The Hall–Kier alpha value is -3.21. The highest BCUT2D eigenvalue weighted by Gasteiger charge is 2.49. The van der Waals surface area contributed by atoms with Crippen LogP contribution in [-0.4, -0.2) is 31.6 Å². The molecule has 1 atom stereocenters. The molecule has 1 fully saturated rings. The standard InChI is InChI=1S/C22H22F3N3O2/c1-4-11-21(16-6-9-18(30-3)10-7-16)14-28(20(29)27(21)2)17-8-5-15(13-26)19(12-17)22(23,24)25/h5-10,12H,4,11,14H2,1-3H3. The summed E-state index contributed by atoms with van der Waals surface area (Å²) in [5.41, 5.74) is -1.21. The number of amides is 2. The molecule has 1 heterocycles. The molecule has 8 heteroatoms. The number of halogens is 3. The third-order valence-corrected chi connectivity index (χ3v) is 5.61. The number of carbonyl (C=O) groups is 1. The number of methoxy groups -OCH3 is 1. The Bertz CT molecular complexity index is 983. The molecule has 0 aliphatic carbocycles. The van der Waals surface area contributed by atoms with Crippen LogP contribution in [0.2, 0.25) is 0 Å². The molecule has 3 rings (SSSR count). The molecule has 2 amide bonds. The van der Waals surface area contributed by atoms with Gasteiger partial charge in [0.2, 0.25) is 0 Å². The van der Waals surface area contributed by atoms with Gasteiger partial charge in [0.15, 0.2) is 0 Å². The van der Waals surface area contributed by atoms with E-state index in [2.05, 4.69) is 0 Å². The highest BCUT2D eigenvalue weighted by Crippen LogP contribution is 2.42. The lowest BCUT2D eigenvalue weighted by molar-refractivity contribution is -0.137. The summed E-state index contributed by atoms with van der Waals surface area (Å²) in [6.07, 6.45) is -3.27. The molecular weight excluding hydrogens is 395 g/mol. The van der Waals surface area contributed by atoms with E-state index in [9.17, 15) is 18.0 Å². The smallest absolute Gasteiger partial charge is 0.417 e. The van der Waals surface area contributed by atoms with E-state index in [0.717, 1.165) is 24.1 Å². The van der Waals surface area contributed by atoms with E-state index in [1.165, 1.54) is 11.0 Å². The second-order valence-corrected chi connectivity index (χ2v) is 7.28. The van der Waals surface area contributed by atoms with Crippen LogP contribution in [0.3, 0.4) is 0 Å². The van der Waals surface area contributed by atoms with Gasteiger partial charge in [-0.05, 0) is 42.3 Å². The molecular formula is C22H22F3N3O2. The fraction of sp³-hybridized carbons (Fsp3) is 0.364. The molecule has 0 aromatic heterocycles. The summed E-state index contributed by atoms with van der Waals surface area (Å²) < 4.78 is 45.4. The van der Waals surface area contributed by atoms with E-state index < -0.39 is 28.9 Å². The zero-order chi connectivity index (χ0) is 22.1. The monoisotopic (exact) mass is 417 g/mol. The fourth-order valence-corrected chi connectivity index (χ4v) is 4.02. The van der Waals surface area contributed by atoms with Gasteiger partial charge in [0.1, 0.15) is 5.75 Å². The number of ether oxygens (including phenoxy) is 1. The SMILES string of the molecule is CCCC1(c2ccc(OC)cc2)CN(c2ccc(C#N)c(C(F)(F)F)c2)C(=O)N1C. The molecule has 5 nitrogen and oxygen atoms in total. The zero-order valence-electron chi connectivity index (χ0n) is 17.0. The van der Waals surface area contributed by atoms with Crippen molar-refractivity contribution in [2.45, 2.75) is 31.5 Å². The van der Waals surface area contributed by atoms with Gasteiger partial charge < -0.3 is 9.64 Å². The summed E-state index contributed by atoms with van der Waals surface area (Å²) in [7, 11) is 3.23. The first-order valence-electron chi connectivity index (χ1n) is 9.49. The average molecular weight is 417 g/mol. The van der Waals surface area contributed by atoms with Crippen LogP contribution >= 0.6 is 0 Å². The van der Waals surface area contributed by atoms with Crippen molar-refractivity contribution in [3.8, 4) is 11.8 Å². The number of nitriles is 1. The highest BCUT2D eigenvalue weighted by atomic mass is 19.4. The lowest BCUT2D eigenvalue weighted by Gasteiger charge is -2.35. The van der Waals surface area contributed by atoms with E-state index in [0.29, 0.717) is 12.2 Å². The Morgan fingerprint density at radius 1 is 1.20 bits per heavy atom. The van der Waals surface area contributed by atoms with Gasteiger partial charge in [-0.1, -0.05) is 25.5 Å². The third-order valence-electron chi connectivity index (χ3n) is 5.61. The van der Waals surface area contributed by atoms with Gasteiger partial charge in [-0.15, -0.1) is 0 Å². The number of anilines is 1. The summed E-state index contributed by atoms with van der Waals surface area (Å²) >= 11 is 0. The van der Waals surface area contributed by atoms with Crippen molar-refractivity contribution in [1.82, 2.24) is 4.90 Å². The number of urea groups is 1. The Labute approximate surface area is 173 Å². The van der Waals surface area contributed by atoms with Crippen LogP contribution in [0.5, 0.6) is 5.75 Å². The first-order valence-corrected chi connectivity index (χ1v) is 9.49. The maximum Gasteiger partial charge on any atom is 0.417 e. The molecule has 2 aromatic rings. The van der Waals surface area contributed by atoms with Gasteiger partial charge >= 0.3 is 12.2 Å². The number of hydrogen-bond donors (Lipinski definition) is 0. The molecule has 0 saturated carbocycles. The molecule has 158 valence electrons. The molecule has 30 heavy (non-hydrogen) atoms. The molecule has 1 saturated heterocycles. The molecule has 1 aliphatic heterocycles. The van der Waals surface area contributed by atoms with Crippen LogP contribution in [0.15, 0.2) is 42.5 Å². The summed E-state index contributed by atoms with van der Waals surface area (Å²) in [6.45, 7) is 2.20. The van der Waals surface area contributed by atoms with Crippen LogP contribution in [0.1, 0.15) is 36.5 Å². The molecule has 2 aromatic carbocycles. The van der Waals surface area contributed by atoms with Crippen molar-refractivity contribution >= 4 is 11.7 Å². The van der Waals surface area contributed by atoms with E-state index in [1.54, 1.807) is 37.3 Å². The van der Waals surface area contributed by atoms with Gasteiger partial charge in [0, 0.05) is 12.7 Å². The summed E-state index contributed by atoms with van der Waals surface area (Å²) in [4.78, 5) is 16.0. The molecule has 0 radical (unpaired) electrons. The maximum absolute atomic E-state index is 13.4. The summed E-state index contributed by atoms with van der Waals surface area (Å²) in [5.74, 6) is 0.677. The number of likely N-dealkylation sites (N-methyl/N-ethyl adjacent to an activating group) is 1. The molecule has 0 N–H and O–H groups in total. The maximum atomic E-state index is 13.4. The van der Waals surface area contributed by atoms with Gasteiger partial charge in [-0.2, -0.15) is 18.4 Å². The Balaban J connectivity index is 2.07. The predicted molar refractivity (Wildman–Crippen MR) is 106 cm³/mol. The normalized spacial score (nSPS) is 19.2. The quantitative estimate of drug-likeness (QED) is 0.676. The van der Waals surface area contributed by atoms with Crippen molar-refractivity contribution in [2.24, 2.45) is 0 Å². The molecule has 1 aliphatic rings. The summed E-state index contributed by atoms with van der Waals surface area (Å²) in [5, 5.41) is 9.03. The largest absolute Gasteiger partial charge is 0.497 e. The minimum Gasteiger partial charge on any atom is -0.497 e. The van der Waals surface area contributed by atoms with Gasteiger partial charge in [0.05, 0.1) is 36.4 Å². The number of carbonyl (C=O) groups excluding carboxylic acids is 1. The lowest BCUT2D eigenvalue weighted by atomic mass is 9.85. The number of alkyl halides is 3. The number of nitrogens with zero attached hydrogens (tertiary/aromatic N) is 3. The first kappa shape index (κ1) is 21.5. The topological polar surface area (TPSA) is 56.6 Å². The van der Waals surface area contributed by atoms with E-state index in [-0.39, 0.29) is 12.2 Å². The van der Waals surface area contributed by atoms with Crippen LogP contribution in [0.25, 0.3) is 0 Å². The Morgan fingerprint density at radius 2 is 1.87 bits per heavy atom. The van der Waals surface area contributed by atoms with E-state index >= 15 is 0 Å². The zero-order valence-corrected chi connectivity index (χ0v) is 17.0. The number of benzene rings is 2. The first-order chi connectivity index (χ1) is 14.2. The fourth-order valence-electron chi connectivity index (χ4n) is 4.02. The predicted octanol–water partition coefficient (Wildman–Crippen LogP) is 5.15. The Morgan fingerprint density at radius 3 is 2.40 bits per heavy atom. The second kappa shape index (κ2) is 7.90. The minimum atomic E-state index is -4.69. The lowest BCUT2D eigenvalue weighted by Crippen LogP contribution is -2.41. The van der Waals surface area contributed by atoms with E-state index in [4.69, 9.17) is 10.00 Å². The second-order valence-electron chi connectivity index (χ2n) is 7.28. The Kier molecular flexibility index (Phi) is 5.66. The number of hydrogen-bond acceptors (Lipinski definition) is 3. The molecule has 1 unspecified atom stereocenters. The van der Waals surface area contributed by atoms with Crippen molar-refractivity contribution in [3.05, 3.63) is 59.2 Å². The third kappa shape index (κ3) is 3.56. The molecule has 0 spiro atoms. The minimum absolute atomic E-state index is 0.115. The van der Waals surface area contributed by atoms with Crippen molar-refractivity contribution in [3.63, 3.8) is 0 Å². The van der Waals surface area contributed by atoms with Gasteiger partial charge in [0.25, 0.3) is 0 Å². The van der Waals surface area contributed by atoms with E-state index in [1.807, 2.05) is 19.1 Å². The summed E-state index contributed by atoms with van der Waals surface area (Å²) in [6, 6.07) is 11.9. The van der Waals surface area contributed by atoms with Crippen LogP contribution in [0, 0.1) is 11.3 Å². The van der Waals surface area contributed by atoms with Crippen LogP contribution < -0.4 is 9.64 Å².